The van der Waals surface area contributed by atoms with Gasteiger partial charge < -0.3 is 9.15 Å². The SMILES string of the molecule is Cc1nc2n(c(=O)c1Cc1ccccc1)CN(Cc1ccco1)CN2c1ccc(Oc2ccccc2)cc1. The first-order chi connectivity index (χ1) is 18.6. The van der Waals surface area contributed by atoms with Crippen LogP contribution in [0.25, 0.3) is 0 Å². The van der Waals surface area contributed by atoms with Gasteiger partial charge in [0.25, 0.3) is 5.56 Å². The maximum absolute atomic E-state index is 13.8. The first-order valence-corrected chi connectivity index (χ1v) is 12.6. The van der Waals surface area contributed by atoms with Crippen molar-refractivity contribution in [1.29, 1.82) is 0 Å². The summed E-state index contributed by atoms with van der Waals surface area (Å²) in [6, 6.07) is 31.4. The molecule has 5 aromatic rings. The number of aromatic nitrogens is 2. The van der Waals surface area contributed by atoms with Crippen LogP contribution in [-0.2, 0) is 19.6 Å². The van der Waals surface area contributed by atoms with E-state index in [4.69, 9.17) is 14.1 Å². The van der Waals surface area contributed by atoms with Crippen LogP contribution in [0.1, 0.15) is 22.6 Å². The monoisotopic (exact) mass is 504 g/mol. The fourth-order valence-electron chi connectivity index (χ4n) is 4.77. The summed E-state index contributed by atoms with van der Waals surface area (Å²) in [6.45, 7) is 3.48. The second-order valence-corrected chi connectivity index (χ2v) is 9.40. The normalized spacial score (nSPS) is 13.3. The van der Waals surface area contributed by atoms with Gasteiger partial charge >= 0.3 is 0 Å². The summed E-state index contributed by atoms with van der Waals surface area (Å²) >= 11 is 0. The molecule has 0 saturated heterocycles. The third kappa shape index (κ3) is 4.96. The van der Waals surface area contributed by atoms with Crippen molar-refractivity contribution in [3.63, 3.8) is 0 Å². The van der Waals surface area contributed by atoms with Crippen molar-refractivity contribution in [2.24, 2.45) is 0 Å². The summed E-state index contributed by atoms with van der Waals surface area (Å²) in [4.78, 5) is 23.0. The van der Waals surface area contributed by atoms with Gasteiger partial charge in [0.15, 0.2) is 0 Å². The highest BCUT2D eigenvalue weighted by Gasteiger charge is 2.28. The number of furan rings is 1. The van der Waals surface area contributed by atoms with Crippen LogP contribution in [0.3, 0.4) is 0 Å². The van der Waals surface area contributed by atoms with Crippen molar-refractivity contribution < 1.29 is 9.15 Å². The highest BCUT2D eigenvalue weighted by Crippen LogP contribution is 2.31. The molecule has 0 radical (unpaired) electrons. The number of hydrogen-bond acceptors (Lipinski definition) is 6. The van der Waals surface area contributed by atoms with E-state index in [0.717, 1.165) is 34.2 Å². The third-order valence-electron chi connectivity index (χ3n) is 6.68. The van der Waals surface area contributed by atoms with Crippen molar-refractivity contribution in [2.75, 3.05) is 11.6 Å². The van der Waals surface area contributed by atoms with Crippen LogP contribution < -0.4 is 15.2 Å². The zero-order valence-corrected chi connectivity index (χ0v) is 21.2. The van der Waals surface area contributed by atoms with Gasteiger partial charge in [-0.2, -0.15) is 0 Å². The van der Waals surface area contributed by atoms with Gasteiger partial charge in [0.1, 0.15) is 17.3 Å². The number of para-hydroxylation sites is 1. The molecular weight excluding hydrogens is 476 g/mol. The second-order valence-electron chi connectivity index (χ2n) is 9.40. The van der Waals surface area contributed by atoms with E-state index in [0.29, 0.717) is 37.8 Å². The zero-order chi connectivity index (χ0) is 25.9. The third-order valence-corrected chi connectivity index (χ3v) is 6.68. The summed E-state index contributed by atoms with van der Waals surface area (Å²) in [7, 11) is 0. The molecule has 0 saturated carbocycles. The molecule has 3 aromatic carbocycles. The molecule has 2 aromatic heterocycles. The number of ether oxygens (including phenoxy) is 1. The molecule has 0 N–H and O–H groups in total. The van der Waals surface area contributed by atoms with Crippen molar-refractivity contribution in [3.8, 4) is 11.5 Å². The molecular formula is C31H28N4O3. The molecule has 0 aliphatic carbocycles. The molecule has 0 bridgehead atoms. The van der Waals surface area contributed by atoms with Crippen molar-refractivity contribution in [2.45, 2.75) is 26.6 Å². The molecule has 6 rings (SSSR count). The molecule has 0 fully saturated rings. The van der Waals surface area contributed by atoms with Crippen LogP contribution in [0.2, 0.25) is 0 Å². The topological polar surface area (TPSA) is 63.7 Å². The Hall–Kier alpha value is -4.62. The van der Waals surface area contributed by atoms with Crippen LogP contribution in [0, 0.1) is 6.92 Å². The van der Waals surface area contributed by atoms with Gasteiger partial charge in [-0.05, 0) is 61.0 Å². The Labute approximate surface area is 221 Å². The van der Waals surface area contributed by atoms with Gasteiger partial charge in [0.2, 0.25) is 5.95 Å². The van der Waals surface area contributed by atoms with Gasteiger partial charge in [-0.3, -0.25) is 19.2 Å². The number of fused-ring (bicyclic) bond motifs is 1. The number of benzene rings is 3. The molecule has 0 atom stereocenters. The fraction of sp³-hybridized carbons (Fsp3) is 0.161. The van der Waals surface area contributed by atoms with Gasteiger partial charge in [0, 0.05) is 17.7 Å². The van der Waals surface area contributed by atoms with Gasteiger partial charge in [0.05, 0.1) is 31.8 Å². The van der Waals surface area contributed by atoms with Crippen LogP contribution >= 0.6 is 0 Å². The van der Waals surface area contributed by atoms with Gasteiger partial charge in [-0.25, -0.2) is 4.98 Å². The van der Waals surface area contributed by atoms with Crippen molar-refractivity contribution in [1.82, 2.24) is 14.5 Å². The van der Waals surface area contributed by atoms with Crippen molar-refractivity contribution >= 4 is 11.6 Å². The largest absolute Gasteiger partial charge is 0.468 e. The van der Waals surface area contributed by atoms with E-state index in [-0.39, 0.29) is 5.56 Å². The minimum atomic E-state index is -0.0190. The summed E-state index contributed by atoms with van der Waals surface area (Å²) in [5.41, 5.74) is 3.45. The minimum absolute atomic E-state index is 0.0190. The average molecular weight is 505 g/mol. The minimum Gasteiger partial charge on any atom is -0.468 e. The highest BCUT2D eigenvalue weighted by atomic mass is 16.5. The average Bonchev–Trinajstić information content (AvgIpc) is 3.46. The number of hydrogen-bond donors (Lipinski definition) is 0. The van der Waals surface area contributed by atoms with E-state index in [2.05, 4.69) is 9.80 Å². The fourth-order valence-corrected chi connectivity index (χ4v) is 4.77. The molecule has 3 heterocycles. The smallest absolute Gasteiger partial charge is 0.259 e. The Bertz CT molecular complexity index is 1560. The molecule has 38 heavy (non-hydrogen) atoms. The Kier molecular flexibility index (Phi) is 6.50. The molecule has 0 amide bonds. The predicted molar refractivity (Wildman–Crippen MR) is 147 cm³/mol. The molecule has 1 aliphatic heterocycles. The van der Waals surface area contributed by atoms with Gasteiger partial charge in [-0.1, -0.05) is 48.5 Å². The summed E-state index contributed by atoms with van der Waals surface area (Å²) < 4.78 is 13.4. The lowest BCUT2D eigenvalue weighted by molar-refractivity contribution is 0.176. The number of aryl methyl sites for hydroxylation is 1. The molecule has 0 unspecified atom stereocenters. The predicted octanol–water partition coefficient (Wildman–Crippen LogP) is 6.10. The number of anilines is 2. The van der Waals surface area contributed by atoms with Crippen LogP contribution in [0.5, 0.6) is 11.5 Å². The number of rotatable bonds is 7. The molecule has 0 spiro atoms. The van der Waals surface area contributed by atoms with E-state index in [9.17, 15) is 4.79 Å². The lowest BCUT2D eigenvalue weighted by Crippen LogP contribution is -2.47. The zero-order valence-electron chi connectivity index (χ0n) is 21.2. The molecule has 7 heteroatoms. The van der Waals surface area contributed by atoms with E-state index in [1.54, 1.807) is 10.8 Å². The first-order valence-electron chi connectivity index (χ1n) is 12.6. The van der Waals surface area contributed by atoms with Crippen molar-refractivity contribution in [3.05, 3.63) is 136 Å². The van der Waals surface area contributed by atoms with E-state index >= 15 is 0 Å². The van der Waals surface area contributed by atoms with E-state index in [1.807, 2.05) is 104 Å². The van der Waals surface area contributed by atoms with Crippen LogP contribution in [0.15, 0.2) is 113 Å². The van der Waals surface area contributed by atoms with Gasteiger partial charge in [-0.15, -0.1) is 0 Å². The summed E-state index contributed by atoms with van der Waals surface area (Å²) in [5.74, 6) is 3.00. The molecule has 190 valence electrons. The summed E-state index contributed by atoms with van der Waals surface area (Å²) in [5, 5.41) is 0. The highest BCUT2D eigenvalue weighted by molar-refractivity contribution is 5.60. The quantitative estimate of drug-likeness (QED) is 0.267. The van der Waals surface area contributed by atoms with Crippen LogP contribution in [0.4, 0.5) is 11.6 Å². The Balaban J connectivity index is 1.36. The first kappa shape index (κ1) is 23.8. The molecule has 1 aliphatic rings. The standard InChI is InChI=1S/C31H28N4O3/c1-23-29(19-24-9-4-2-5-10-24)30(36)35-22-33(20-28-13-8-18-37-28)21-34(31(35)32-23)25-14-16-27(17-15-25)38-26-11-6-3-7-12-26/h2-18H,19-22H2,1H3. The van der Waals surface area contributed by atoms with E-state index < -0.39 is 0 Å². The maximum atomic E-state index is 13.8. The Morgan fingerprint density at radius 3 is 2.26 bits per heavy atom. The maximum Gasteiger partial charge on any atom is 0.259 e. The second kappa shape index (κ2) is 10.4. The Morgan fingerprint density at radius 2 is 1.55 bits per heavy atom. The number of nitrogens with zero attached hydrogens (tertiary/aromatic N) is 4. The lowest BCUT2D eigenvalue weighted by atomic mass is 10.1. The summed E-state index contributed by atoms with van der Waals surface area (Å²) in [6.07, 6.45) is 2.22. The Morgan fingerprint density at radius 1 is 0.842 bits per heavy atom. The van der Waals surface area contributed by atoms with Crippen LogP contribution in [-0.4, -0.2) is 21.1 Å². The van der Waals surface area contributed by atoms with E-state index in [1.165, 1.54) is 0 Å². The lowest BCUT2D eigenvalue weighted by Gasteiger charge is -2.38. The molecule has 7 nitrogen and oxygen atoms in total.